The summed E-state index contributed by atoms with van der Waals surface area (Å²) in [5, 5.41) is 0. The fourth-order valence-corrected chi connectivity index (χ4v) is 2.17. The lowest BCUT2D eigenvalue weighted by Crippen LogP contribution is -1.84. The molecule has 0 heterocycles. The molecule has 0 unspecified atom stereocenters. The molecular formula is C10H18. The van der Waals surface area contributed by atoms with Crippen molar-refractivity contribution in [2.24, 2.45) is 17.8 Å². The van der Waals surface area contributed by atoms with Crippen molar-refractivity contribution in [3.63, 3.8) is 0 Å². The van der Waals surface area contributed by atoms with E-state index in [2.05, 4.69) is 6.92 Å². The van der Waals surface area contributed by atoms with Crippen LogP contribution in [0, 0.1) is 17.8 Å². The van der Waals surface area contributed by atoms with Gasteiger partial charge in [0.2, 0.25) is 0 Å². The van der Waals surface area contributed by atoms with E-state index in [4.69, 9.17) is 0 Å². The summed E-state index contributed by atoms with van der Waals surface area (Å²) in [6.07, 6.45) is 9.13. The van der Waals surface area contributed by atoms with E-state index in [0.29, 0.717) is 0 Å². The molecule has 0 bridgehead atoms. The Bertz CT molecular complexity index is 113. The Labute approximate surface area is 64.0 Å². The third-order valence-electron chi connectivity index (χ3n) is 3.13. The first kappa shape index (κ1) is 6.69. The quantitative estimate of drug-likeness (QED) is 0.559. The van der Waals surface area contributed by atoms with Gasteiger partial charge in [-0.15, -0.1) is 0 Å². The van der Waals surface area contributed by atoms with Crippen molar-refractivity contribution in [1.82, 2.24) is 0 Å². The predicted molar refractivity (Wildman–Crippen MR) is 43.8 cm³/mol. The normalized spacial score (nSPS) is 38.1. The summed E-state index contributed by atoms with van der Waals surface area (Å²) in [5.74, 6) is 3.57. The maximum absolute atomic E-state index is 2.30. The van der Waals surface area contributed by atoms with Crippen LogP contribution in [0.2, 0.25) is 0 Å². The Morgan fingerprint density at radius 1 is 1.30 bits per heavy atom. The largest absolute Gasteiger partial charge is 0.0654 e. The molecule has 0 aromatic rings. The summed E-state index contributed by atoms with van der Waals surface area (Å²) in [6.45, 7) is 2.30. The zero-order valence-electron chi connectivity index (χ0n) is 6.97. The van der Waals surface area contributed by atoms with Gasteiger partial charge in [0.15, 0.2) is 0 Å². The molecule has 0 radical (unpaired) electrons. The molecule has 2 atom stereocenters. The Balaban J connectivity index is 1.60. The van der Waals surface area contributed by atoms with Crippen LogP contribution in [0.3, 0.4) is 0 Å². The molecule has 2 fully saturated rings. The van der Waals surface area contributed by atoms with E-state index in [1.165, 1.54) is 37.0 Å². The van der Waals surface area contributed by atoms with Crippen LogP contribution in [-0.4, -0.2) is 0 Å². The fraction of sp³-hybridized carbons (Fsp3) is 1.00. The summed E-state index contributed by atoms with van der Waals surface area (Å²) >= 11 is 0. The van der Waals surface area contributed by atoms with Crippen LogP contribution in [0.5, 0.6) is 0 Å². The minimum absolute atomic E-state index is 1.17. The molecule has 0 aromatic carbocycles. The molecule has 0 spiro atoms. The maximum Gasteiger partial charge on any atom is -0.0355 e. The second-order valence-electron chi connectivity index (χ2n) is 4.14. The summed E-state index contributed by atoms with van der Waals surface area (Å²) in [5.41, 5.74) is 0. The van der Waals surface area contributed by atoms with Crippen molar-refractivity contribution in [2.75, 3.05) is 0 Å². The highest BCUT2D eigenvalue weighted by Gasteiger charge is 2.46. The number of unbranched alkanes of at least 4 members (excludes halogenated alkanes) is 1. The first-order valence-electron chi connectivity index (χ1n) is 4.92. The van der Waals surface area contributed by atoms with Crippen molar-refractivity contribution in [1.29, 1.82) is 0 Å². The summed E-state index contributed by atoms with van der Waals surface area (Å²) in [6, 6.07) is 0. The summed E-state index contributed by atoms with van der Waals surface area (Å²) in [4.78, 5) is 0. The summed E-state index contributed by atoms with van der Waals surface area (Å²) < 4.78 is 0. The van der Waals surface area contributed by atoms with Crippen molar-refractivity contribution < 1.29 is 0 Å². The Hall–Kier alpha value is 0. The Morgan fingerprint density at radius 2 is 2.10 bits per heavy atom. The van der Waals surface area contributed by atoms with Gasteiger partial charge in [0.25, 0.3) is 0 Å². The molecule has 0 saturated heterocycles. The lowest BCUT2D eigenvalue weighted by atomic mass is 10.1. The molecule has 0 N–H and O–H groups in total. The molecule has 0 aromatic heterocycles. The molecular weight excluding hydrogens is 120 g/mol. The van der Waals surface area contributed by atoms with Crippen LogP contribution in [0.1, 0.15) is 45.4 Å². The van der Waals surface area contributed by atoms with Gasteiger partial charge in [0, 0.05) is 0 Å². The van der Waals surface area contributed by atoms with Crippen LogP contribution < -0.4 is 0 Å². The van der Waals surface area contributed by atoms with Gasteiger partial charge in [-0.1, -0.05) is 26.2 Å². The van der Waals surface area contributed by atoms with Gasteiger partial charge < -0.3 is 0 Å². The second kappa shape index (κ2) is 2.56. The summed E-state index contributed by atoms with van der Waals surface area (Å²) in [7, 11) is 0. The van der Waals surface area contributed by atoms with E-state index < -0.39 is 0 Å². The standard InChI is InChI=1S/C10H18/c1-2-3-4-9-7-10(9)8-5-6-8/h8-10H,2-7H2,1H3/t9-,10+/m1/s1. The molecule has 2 aliphatic carbocycles. The first-order chi connectivity index (χ1) is 4.92. The third kappa shape index (κ3) is 1.36. The Kier molecular flexibility index (Phi) is 1.71. The van der Waals surface area contributed by atoms with Crippen LogP contribution in [0.4, 0.5) is 0 Å². The van der Waals surface area contributed by atoms with E-state index in [0.717, 1.165) is 0 Å². The van der Waals surface area contributed by atoms with Gasteiger partial charge in [0.05, 0.1) is 0 Å². The van der Waals surface area contributed by atoms with Gasteiger partial charge in [-0.3, -0.25) is 0 Å². The van der Waals surface area contributed by atoms with E-state index in [9.17, 15) is 0 Å². The molecule has 0 nitrogen and oxygen atoms in total. The van der Waals surface area contributed by atoms with Gasteiger partial charge >= 0.3 is 0 Å². The molecule has 58 valence electrons. The minimum Gasteiger partial charge on any atom is -0.0654 e. The van der Waals surface area contributed by atoms with E-state index in [-0.39, 0.29) is 0 Å². The van der Waals surface area contributed by atoms with Crippen molar-refractivity contribution in [2.45, 2.75) is 45.4 Å². The van der Waals surface area contributed by atoms with E-state index >= 15 is 0 Å². The van der Waals surface area contributed by atoms with Crippen LogP contribution in [-0.2, 0) is 0 Å². The third-order valence-corrected chi connectivity index (χ3v) is 3.13. The first-order valence-corrected chi connectivity index (χ1v) is 4.92. The molecule has 2 saturated carbocycles. The highest BCUT2D eigenvalue weighted by atomic mass is 14.5. The smallest absolute Gasteiger partial charge is 0.0355 e. The van der Waals surface area contributed by atoms with Gasteiger partial charge in [-0.2, -0.15) is 0 Å². The maximum atomic E-state index is 2.30. The SMILES string of the molecule is CCCC[C@@H]1C[C@H]1C1CC1. The number of rotatable bonds is 4. The fourth-order valence-electron chi connectivity index (χ4n) is 2.17. The Morgan fingerprint density at radius 3 is 2.70 bits per heavy atom. The lowest BCUT2D eigenvalue weighted by molar-refractivity contribution is 0.567. The number of hydrogen-bond donors (Lipinski definition) is 0. The average Bonchev–Trinajstić information content (AvgIpc) is 2.77. The zero-order valence-corrected chi connectivity index (χ0v) is 6.97. The predicted octanol–water partition coefficient (Wildman–Crippen LogP) is 3.22. The highest BCUT2D eigenvalue weighted by Crippen LogP contribution is 2.55. The van der Waals surface area contributed by atoms with Gasteiger partial charge in [0.1, 0.15) is 0 Å². The zero-order chi connectivity index (χ0) is 6.97. The molecule has 10 heavy (non-hydrogen) atoms. The van der Waals surface area contributed by atoms with E-state index in [1.54, 1.807) is 19.3 Å². The van der Waals surface area contributed by atoms with Gasteiger partial charge in [-0.05, 0) is 37.0 Å². The topological polar surface area (TPSA) is 0 Å². The van der Waals surface area contributed by atoms with Crippen LogP contribution in [0.15, 0.2) is 0 Å². The number of hydrogen-bond acceptors (Lipinski definition) is 0. The average molecular weight is 138 g/mol. The lowest BCUT2D eigenvalue weighted by Gasteiger charge is -1.94. The second-order valence-corrected chi connectivity index (χ2v) is 4.14. The van der Waals surface area contributed by atoms with E-state index in [1.807, 2.05) is 0 Å². The molecule has 2 rings (SSSR count). The van der Waals surface area contributed by atoms with Crippen molar-refractivity contribution in [3.05, 3.63) is 0 Å². The van der Waals surface area contributed by atoms with Crippen molar-refractivity contribution in [3.8, 4) is 0 Å². The molecule has 0 aliphatic heterocycles. The van der Waals surface area contributed by atoms with Crippen molar-refractivity contribution >= 4 is 0 Å². The highest BCUT2D eigenvalue weighted by molar-refractivity contribution is 4.96. The molecule has 0 heteroatoms. The van der Waals surface area contributed by atoms with Crippen LogP contribution in [0.25, 0.3) is 0 Å². The molecule has 2 aliphatic rings. The molecule has 0 amide bonds. The van der Waals surface area contributed by atoms with Crippen LogP contribution >= 0.6 is 0 Å². The van der Waals surface area contributed by atoms with Gasteiger partial charge in [-0.25, -0.2) is 0 Å². The minimum atomic E-state index is 1.17. The monoisotopic (exact) mass is 138 g/mol.